The van der Waals surface area contributed by atoms with Gasteiger partial charge in [-0.2, -0.15) is 0 Å². The van der Waals surface area contributed by atoms with Gasteiger partial charge >= 0.3 is 0 Å². The molecule has 2 aromatic rings. The summed E-state index contributed by atoms with van der Waals surface area (Å²) in [6, 6.07) is 10.3. The van der Waals surface area contributed by atoms with Crippen molar-refractivity contribution in [3.8, 4) is 0 Å². The Balaban J connectivity index is 1.42. The summed E-state index contributed by atoms with van der Waals surface area (Å²) in [5.74, 6) is 0.632. The fraction of sp³-hybridized carbons (Fsp3) is 0.474. The van der Waals surface area contributed by atoms with Gasteiger partial charge in [-0.25, -0.2) is 0 Å². The van der Waals surface area contributed by atoms with E-state index in [-0.39, 0.29) is 11.4 Å². The molecule has 2 bridgehead atoms. The molecule has 1 spiro atoms. The van der Waals surface area contributed by atoms with E-state index in [0.717, 1.165) is 10.8 Å². The summed E-state index contributed by atoms with van der Waals surface area (Å²) in [6.07, 6.45) is 6.71. The first-order chi connectivity index (χ1) is 11.3. The number of rotatable bonds is 2. The maximum Gasteiger partial charge on any atom is 0.270 e. The Morgan fingerprint density at radius 2 is 1.91 bits per heavy atom. The lowest BCUT2D eigenvalue weighted by Crippen LogP contribution is -2.65. The smallest absolute Gasteiger partial charge is 0.270 e. The SMILES string of the molecule is O=C(NC1C2CCN(CC2)C12CC2)c1cc2ccccc2cn1. The topological polar surface area (TPSA) is 45.2 Å². The number of fused-ring (bicyclic) bond motifs is 3. The first-order valence-electron chi connectivity index (χ1n) is 8.67. The molecule has 4 heteroatoms. The van der Waals surface area contributed by atoms with E-state index in [0.29, 0.717) is 17.7 Å². The van der Waals surface area contributed by atoms with E-state index in [9.17, 15) is 4.79 Å². The van der Waals surface area contributed by atoms with Crippen molar-refractivity contribution < 1.29 is 4.79 Å². The number of carbonyl (C=O) groups is 1. The second-order valence-electron chi connectivity index (χ2n) is 7.30. The fourth-order valence-corrected chi connectivity index (χ4v) is 4.74. The van der Waals surface area contributed by atoms with Crippen LogP contribution in [-0.2, 0) is 0 Å². The average molecular weight is 307 g/mol. The molecule has 1 aliphatic carbocycles. The molecule has 4 heterocycles. The minimum atomic E-state index is -0.0132. The second-order valence-corrected chi connectivity index (χ2v) is 7.30. The van der Waals surface area contributed by atoms with Gasteiger partial charge in [-0.05, 0) is 56.1 Å². The van der Waals surface area contributed by atoms with Crippen LogP contribution in [0.2, 0.25) is 0 Å². The summed E-state index contributed by atoms with van der Waals surface area (Å²) in [4.78, 5) is 19.8. The van der Waals surface area contributed by atoms with E-state index >= 15 is 0 Å². The summed E-state index contributed by atoms with van der Waals surface area (Å²) < 4.78 is 0. The van der Waals surface area contributed by atoms with Gasteiger partial charge in [0.15, 0.2) is 0 Å². The minimum absolute atomic E-state index is 0.0132. The first-order valence-corrected chi connectivity index (χ1v) is 8.67. The summed E-state index contributed by atoms with van der Waals surface area (Å²) in [5.41, 5.74) is 0.809. The monoisotopic (exact) mass is 307 g/mol. The average Bonchev–Trinajstić information content (AvgIpc) is 3.39. The zero-order chi connectivity index (χ0) is 15.4. The molecule has 118 valence electrons. The second kappa shape index (κ2) is 4.78. The van der Waals surface area contributed by atoms with Crippen molar-refractivity contribution >= 4 is 16.7 Å². The summed E-state index contributed by atoms with van der Waals surface area (Å²) in [5, 5.41) is 5.49. The quantitative estimate of drug-likeness (QED) is 0.927. The molecule has 3 aliphatic heterocycles. The van der Waals surface area contributed by atoms with Crippen LogP contribution in [0.3, 0.4) is 0 Å². The number of nitrogens with one attached hydrogen (secondary N) is 1. The molecule has 1 N–H and O–H groups in total. The molecule has 1 unspecified atom stereocenters. The molecule has 1 amide bonds. The Bertz CT molecular complexity index is 775. The van der Waals surface area contributed by atoms with Gasteiger partial charge in [-0.1, -0.05) is 24.3 Å². The van der Waals surface area contributed by atoms with E-state index < -0.39 is 0 Å². The third-order valence-corrected chi connectivity index (χ3v) is 6.13. The van der Waals surface area contributed by atoms with Gasteiger partial charge in [0.1, 0.15) is 5.69 Å². The summed E-state index contributed by atoms with van der Waals surface area (Å²) >= 11 is 0. The highest BCUT2D eigenvalue weighted by molar-refractivity contribution is 5.96. The Kier molecular flexibility index (Phi) is 2.80. The van der Waals surface area contributed by atoms with Crippen LogP contribution in [0.4, 0.5) is 0 Å². The number of carbonyl (C=O) groups excluding carboxylic acids is 1. The normalized spacial score (nSPS) is 30.5. The van der Waals surface area contributed by atoms with Crippen LogP contribution in [0.15, 0.2) is 36.5 Å². The number of benzene rings is 1. The van der Waals surface area contributed by atoms with Crippen LogP contribution >= 0.6 is 0 Å². The fourth-order valence-electron chi connectivity index (χ4n) is 4.74. The molecule has 4 aliphatic rings. The van der Waals surface area contributed by atoms with Crippen LogP contribution in [-0.4, -0.2) is 40.5 Å². The molecule has 0 radical (unpaired) electrons. The van der Waals surface area contributed by atoms with Crippen molar-refractivity contribution in [2.45, 2.75) is 37.3 Å². The molecular weight excluding hydrogens is 286 g/mol. The molecule has 3 saturated heterocycles. The van der Waals surface area contributed by atoms with Gasteiger partial charge in [-0.15, -0.1) is 0 Å². The Hall–Kier alpha value is -1.94. The van der Waals surface area contributed by atoms with Crippen LogP contribution in [0, 0.1) is 5.92 Å². The number of hydrogen-bond donors (Lipinski definition) is 1. The molecular formula is C19H21N3O. The highest BCUT2D eigenvalue weighted by atomic mass is 16.2. The minimum Gasteiger partial charge on any atom is -0.346 e. The number of hydrogen-bond acceptors (Lipinski definition) is 3. The van der Waals surface area contributed by atoms with Gasteiger partial charge in [0.2, 0.25) is 0 Å². The Morgan fingerprint density at radius 1 is 1.17 bits per heavy atom. The van der Waals surface area contributed by atoms with Crippen molar-refractivity contribution in [2.75, 3.05) is 13.1 Å². The van der Waals surface area contributed by atoms with Crippen molar-refractivity contribution in [1.82, 2.24) is 15.2 Å². The third kappa shape index (κ3) is 2.01. The van der Waals surface area contributed by atoms with Crippen molar-refractivity contribution in [3.63, 3.8) is 0 Å². The summed E-state index contributed by atoms with van der Waals surface area (Å²) in [6.45, 7) is 2.43. The lowest BCUT2D eigenvalue weighted by atomic mass is 9.77. The van der Waals surface area contributed by atoms with Gasteiger partial charge in [0, 0.05) is 17.1 Å². The standard InChI is InChI=1S/C19H21N3O/c23-18(16-11-14-3-1-2-4-15(14)12-20-16)21-17-13-5-9-22(10-6-13)19(17)7-8-19/h1-4,11-13,17H,5-10H2,(H,21,23). The van der Waals surface area contributed by atoms with Crippen LogP contribution in [0.5, 0.6) is 0 Å². The maximum atomic E-state index is 12.8. The Labute approximate surface area is 135 Å². The zero-order valence-corrected chi connectivity index (χ0v) is 13.2. The van der Waals surface area contributed by atoms with Crippen LogP contribution < -0.4 is 5.32 Å². The highest BCUT2D eigenvalue weighted by Crippen LogP contribution is 2.53. The number of amides is 1. The van der Waals surface area contributed by atoms with Crippen LogP contribution in [0.1, 0.15) is 36.2 Å². The van der Waals surface area contributed by atoms with E-state index in [1.165, 1.54) is 38.8 Å². The van der Waals surface area contributed by atoms with Gasteiger partial charge in [0.25, 0.3) is 5.91 Å². The highest BCUT2D eigenvalue weighted by Gasteiger charge is 2.60. The third-order valence-electron chi connectivity index (χ3n) is 6.13. The summed E-state index contributed by atoms with van der Waals surface area (Å²) in [7, 11) is 0. The lowest BCUT2D eigenvalue weighted by molar-refractivity contribution is -0.00152. The molecule has 1 saturated carbocycles. The van der Waals surface area contributed by atoms with E-state index in [4.69, 9.17) is 0 Å². The largest absolute Gasteiger partial charge is 0.346 e. The molecule has 1 aromatic heterocycles. The van der Waals surface area contributed by atoms with E-state index in [1.54, 1.807) is 6.20 Å². The maximum absolute atomic E-state index is 12.8. The molecule has 1 aromatic carbocycles. The van der Waals surface area contributed by atoms with Crippen molar-refractivity contribution in [3.05, 3.63) is 42.2 Å². The lowest BCUT2D eigenvalue weighted by Gasteiger charge is -2.52. The molecule has 6 rings (SSSR count). The molecule has 23 heavy (non-hydrogen) atoms. The number of aromatic nitrogens is 1. The van der Waals surface area contributed by atoms with Crippen molar-refractivity contribution in [1.29, 1.82) is 0 Å². The Morgan fingerprint density at radius 3 is 2.65 bits per heavy atom. The van der Waals surface area contributed by atoms with Crippen LogP contribution in [0.25, 0.3) is 10.8 Å². The first kappa shape index (κ1) is 13.5. The molecule has 4 fully saturated rings. The predicted molar refractivity (Wildman–Crippen MR) is 89.3 cm³/mol. The molecule has 1 atom stereocenters. The van der Waals surface area contributed by atoms with Gasteiger partial charge in [0.05, 0.1) is 6.04 Å². The van der Waals surface area contributed by atoms with Crippen molar-refractivity contribution in [2.24, 2.45) is 5.92 Å². The zero-order valence-electron chi connectivity index (χ0n) is 13.2. The number of nitrogens with zero attached hydrogens (tertiary/aromatic N) is 2. The predicted octanol–water partition coefficient (Wildman–Crippen LogP) is 2.59. The molecule has 4 nitrogen and oxygen atoms in total. The van der Waals surface area contributed by atoms with Gasteiger partial charge < -0.3 is 5.32 Å². The van der Waals surface area contributed by atoms with E-state index in [1.807, 2.05) is 30.3 Å². The number of pyridine rings is 1. The van der Waals surface area contributed by atoms with E-state index in [2.05, 4.69) is 15.2 Å². The number of piperidine rings is 3. The van der Waals surface area contributed by atoms with Gasteiger partial charge in [-0.3, -0.25) is 14.7 Å².